The number of nitrogens with one attached hydrogen (secondary N) is 2. The van der Waals surface area contributed by atoms with Crippen LogP contribution in [0.25, 0.3) is 10.2 Å². The third-order valence-corrected chi connectivity index (χ3v) is 4.92. The molecule has 0 spiro atoms. The van der Waals surface area contributed by atoms with Crippen LogP contribution in [0.3, 0.4) is 0 Å². The second-order valence-electron chi connectivity index (χ2n) is 5.62. The summed E-state index contributed by atoms with van der Waals surface area (Å²) in [6.07, 6.45) is 1.87. The molecule has 2 aromatic rings. The molecule has 7 heteroatoms. The Balaban J connectivity index is 1.71. The number of carbonyl (C=O) groups excluding carboxylic acids is 1. The number of quaternary nitrogens is 1. The summed E-state index contributed by atoms with van der Waals surface area (Å²) in [7, 11) is 0. The minimum Gasteiger partial charge on any atom is -0.466 e. The normalized spacial score (nSPS) is 21.9. The first-order valence-corrected chi connectivity index (χ1v) is 8.52. The number of hydrogen-bond acceptors (Lipinski definition) is 5. The Labute approximate surface area is 132 Å². The highest BCUT2D eigenvalue weighted by molar-refractivity contribution is 7.17. The standard InChI is InChI=1S/C15H19N3O3S/c1-2-21-15(20)10-4-3-6-18(8-10)9-12-16-11-5-7-22-13(11)14(19)17-12/h5,7,10H,2-4,6,8-9H2,1H3,(H,16,17,19)/p+1/t10-/m0/s1. The highest BCUT2D eigenvalue weighted by Crippen LogP contribution is 2.14. The SMILES string of the molecule is CCOC(=O)[C@H]1CCC[NH+](Cc2nc3ccsc3c(=O)[nH]2)C1. The second-order valence-corrected chi connectivity index (χ2v) is 6.54. The van der Waals surface area contributed by atoms with Crippen LogP contribution in [0.5, 0.6) is 0 Å². The van der Waals surface area contributed by atoms with Crippen LogP contribution in [-0.4, -0.2) is 35.6 Å². The Bertz CT molecular complexity index is 724. The molecule has 6 nitrogen and oxygen atoms in total. The molecule has 0 radical (unpaired) electrons. The topological polar surface area (TPSA) is 76.5 Å². The van der Waals surface area contributed by atoms with E-state index < -0.39 is 0 Å². The van der Waals surface area contributed by atoms with E-state index in [4.69, 9.17) is 4.74 Å². The van der Waals surface area contributed by atoms with Crippen LogP contribution < -0.4 is 10.5 Å². The van der Waals surface area contributed by atoms with Gasteiger partial charge in [-0.25, -0.2) is 4.98 Å². The van der Waals surface area contributed by atoms with Crippen LogP contribution in [0.4, 0.5) is 0 Å². The zero-order valence-electron chi connectivity index (χ0n) is 12.6. The molecule has 1 aliphatic heterocycles. The number of piperidine rings is 1. The summed E-state index contributed by atoms with van der Waals surface area (Å²) in [5, 5.41) is 1.88. The highest BCUT2D eigenvalue weighted by Gasteiger charge is 2.30. The number of hydrogen-bond donors (Lipinski definition) is 2. The minimum absolute atomic E-state index is 0.0414. The molecule has 0 amide bonds. The van der Waals surface area contributed by atoms with Crippen molar-refractivity contribution in [3.63, 3.8) is 0 Å². The summed E-state index contributed by atoms with van der Waals surface area (Å²) in [5.74, 6) is 0.546. The van der Waals surface area contributed by atoms with Crippen molar-refractivity contribution in [2.45, 2.75) is 26.3 Å². The number of esters is 1. The average molecular weight is 322 g/mol. The lowest BCUT2D eigenvalue weighted by molar-refractivity contribution is -0.921. The second kappa shape index (κ2) is 6.58. The van der Waals surface area contributed by atoms with Gasteiger partial charge < -0.3 is 14.6 Å². The number of likely N-dealkylation sites (tertiary alicyclic amines) is 1. The lowest BCUT2D eigenvalue weighted by atomic mass is 9.98. The van der Waals surface area contributed by atoms with Crippen molar-refractivity contribution < 1.29 is 14.4 Å². The maximum Gasteiger partial charge on any atom is 0.314 e. The smallest absolute Gasteiger partial charge is 0.314 e. The van der Waals surface area contributed by atoms with Crippen molar-refractivity contribution in [3.8, 4) is 0 Å². The molecule has 3 rings (SSSR count). The maximum absolute atomic E-state index is 12.0. The Morgan fingerprint density at radius 2 is 2.45 bits per heavy atom. The van der Waals surface area contributed by atoms with Gasteiger partial charge in [-0.15, -0.1) is 11.3 Å². The van der Waals surface area contributed by atoms with E-state index >= 15 is 0 Å². The van der Waals surface area contributed by atoms with E-state index in [1.807, 2.05) is 18.4 Å². The first kappa shape index (κ1) is 15.2. The van der Waals surface area contributed by atoms with Gasteiger partial charge in [-0.05, 0) is 31.2 Å². The molecule has 1 aliphatic rings. The Hall–Kier alpha value is -1.73. The van der Waals surface area contributed by atoms with Crippen molar-refractivity contribution in [2.75, 3.05) is 19.7 Å². The molecule has 0 aromatic carbocycles. The number of ether oxygens (including phenoxy) is 1. The van der Waals surface area contributed by atoms with E-state index in [0.29, 0.717) is 23.7 Å². The zero-order chi connectivity index (χ0) is 15.5. The predicted molar refractivity (Wildman–Crippen MR) is 84.0 cm³/mol. The van der Waals surface area contributed by atoms with E-state index in [0.717, 1.165) is 31.4 Å². The lowest BCUT2D eigenvalue weighted by Crippen LogP contribution is -3.12. The van der Waals surface area contributed by atoms with Gasteiger partial charge in [-0.1, -0.05) is 0 Å². The van der Waals surface area contributed by atoms with Crippen molar-refractivity contribution >= 4 is 27.5 Å². The number of nitrogens with zero attached hydrogens (tertiary/aromatic N) is 1. The van der Waals surface area contributed by atoms with Crippen LogP contribution >= 0.6 is 11.3 Å². The largest absolute Gasteiger partial charge is 0.466 e. The van der Waals surface area contributed by atoms with Gasteiger partial charge in [0.05, 0.1) is 25.2 Å². The zero-order valence-corrected chi connectivity index (χ0v) is 13.4. The van der Waals surface area contributed by atoms with Gasteiger partial charge in [-0.3, -0.25) is 9.59 Å². The molecular formula is C15H20N3O3S+. The van der Waals surface area contributed by atoms with E-state index in [1.165, 1.54) is 16.2 Å². The Morgan fingerprint density at radius 3 is 3.27 bits per heavy atom. The van der Waals surface area contributed by atoms with Gasteiger partial charge in [0.15, 0.2) is 5.82 Å². The molecule has 3 heterocycles. The summed E-state index contributed by atoms with van der Waals surface area (Å²) in [4.78, 5) is 32.5. The summed E-state index contributed by atoms with van der Waals surface area (Å²) in [5.41, 5.74) is 0.676. The number of thiophene rings is 1. The number of aromatic nitrogens is 2. The fourth-order valence-corrected chi connectivity index (χ4v) is 3.74. The number of carbonyl (C=O) groups is 1. The van der Waals surface area contributed by atoms with Gasteiger partial charge in [0.25, 0.3) is 5.56 Å². The molecule has 0 bridgehead atoms. The Kier molecular flexibility index (Phi) is 4.54. The number of fused-ring (bicyclic) bond motifs is 1. The van der Waals surface area contributed by atoms with Crippen LogP contribution in [-0.2, 0) is 16.1 Å². The monoisotopic (exact) mass is 322 g/mol. The van der Waals surface area contributed by atoms with Crippen LogP contribution in [0.1, 0.15) is 25.6 Å². The van der Waals surface area contributed by atoms with Gasteiger partial charge in [0.1, 0.15) is 17.2 Å². The van der Waals surface area contributed by atoms with Crippen LogP contribution in [0.2, 0.25) is 0 Å². The number of H-pyrrole nitrogens is 1. The van der Waals surface area contributed by atoms with Crippen molar-refractivity contribution in [2.24, 2.45) is 5.92 Å². The summed E-state index contributed by atoms with van der Waals surface area (Å²) in [6, 6.07) is 1.87. The van der Waals surface area contributed by atoms with Crippen LogP contribution in [0.15, 0.2) is 16.2 Å². The predicted octanol–water partition coefficient (Wildman–Crippen LogP) is 0.343. The highest BCUT2D eigenvalue weighted by atomic mass is 32.1. The molecule has 2 aromatic heterocycles. The quantitative estimate of drug-likeness (QED) is 0.796. The summed E-state index contributed by atoms with van der Waals surface area (Å²) >= 11 is 1.40. The fourth-order valence-electron chi connectivity index (χ4n) is 3.02. The third-order valence-electron chi connectivity index (χ3n) is 4.02. The summed E-state index contributed by atoms with van der Waals surface area (Å²) in [6.45, 7) is 4.62. The van der Waals surface area contributed by atoms with Gasteiger partial charge in [0, 0.05) is 0 Å². The third kappa shape index (κ3) is 3.20. The molecule has 0 saturated carbocycles. The van der Waals surface area contributed by atoms with Gasteiger partial charge in [0.2, 0.25) is 0 Å². The first-order valence-electron chi connectivity index (χ1n) is 7.64. The molecule has 1 saturated heterocycles. The molecule has 1 unspecified atom stereocenters. The molecule has 118 valence electrons. The molecule has 0 aliphatic carbocycles. The van der Waals surface area contributed by atoms with E-state index in [9.17, 15) is 9.59 Å². The van der Waals surface area contributed by atoms with Crippen LogP contribution in [0, 0.1) is 5.92 Å². The number of rotatable bonds is 4. The molecule has 2 atom stereocenters. The number of aromatic amines is 1. The van der Waals surface area contributed by atoms with Crippen molar-refractivity contribution in [3.05, 3.63) is 27.6 Å². The van der Waals surface area contributed by atoms with E-state index in [1.54, 1.807) is 0 Å². The Morgan fingerprint density at radius 1 is 1.59 bits per heavy atom. The average Bonchev–Trinajstić information content (AvgIpc) is 2.97. The van der Waals surface area contributed by atoms with Gasteiger partial charge in [-0.2, -0.15) is 0 Å². The summed E-state index contributed by atoms with van der Waals surface area (Å²) < 4.78 is 5.79. The first-order chi connectivity index (χ1) is 10.7. The van der Waals surface area contributed by atoms with Gasteiger partial charge >= 0.3 is 5.97 Å². The molecule has 22 heavy (non-hydrogen) atoms. The van der Waals surface area contributed by atoms with Crippen molar-refractivity contribution in [1.29, 1.82) is 0 Å². The fraction of sp³-hybridized carbons (Fsp3) is 0.533. The van der Waals surface area contributed by atoms with E-state index in [2.05, 4.69) is 9.97 Å². The molecule has 2 N–H and O–H groups in total. The lowest BCUT2D eigenvalue weighted by Gasteiger charge is -2.28. The minimum atomic E-state index is -0.102. The molecule has 1 fully saturated rings. The van der Waals surface area contributed by atoms with Crippen molar-refractivity contribution in [1.82, 2.24) is 9.97 Å². The maximum atomic E-state index is 12.0. The molecular weight excluding hydrogens is 302 g/mol. The van der Waals surface area contributed by atoms with E-state index in [-0.39, 0.29) is 17.4 Å².